The van der Waals surface area contributed by atoms with Crippen LogP contribution >= 0.6 is 0 Å². The number of nitrogens with zero attached hydrogens (tertiary/aromatic N) is 2. The molecule has 0 bridgehead atoms. The van der Waals surface area contributed by atoms with Crippen LogP contribution in [-0.4, -0.2) is 57.2 Å². The summed E-state index contributed by atoms with van der Waals surface area (Å²) >= 11 is 0. The van der Waals surface area contributed by atoms with Gasteiger partial charge in [0.1, 0.15) is 24.7 Å². The normalized spacial score (nSPS) is 14.0. The van der Waals surface area contributed by atoms with Gasteiger partial charge in [0, 0.05) is 38.4 Å². The SMILES string of the molecule is CN1CCN(c2ccccc2CNC(=O)c2ccccc2OCCOc2ccccc2)CC1. The second-order valence-corrected chi connectivity index (χ2v) is 8.11. The third kappa shape index (κ3) is 6.26. The van der Waals surface area contributed by atoms with Gasteiger partial charge >= 0.3 is 0 Å². The molecule has 4 rings (SSSR count). The number of benzene rings is 3. The lowest BCUT2D eigenvalue weighted by atomic mass is 10.1. The summed E-state index contributed by atoms with van der Waals surface area (Å²) < 4.78 is 11.5. The van der Waals surface area contributed by atoms with Crippen LogP contribution in [0.5, 0.6) is 11.5 Å². The molecule has 1 aliphatic heterocycles. The highest BCUT2D eigenvalue weighted by atomic mass is 16.5. The Hall–Kier alpha value is -3.51. The number of para-hydroxylation sites is 3. The second kappa shape index (κ2) is 11.4. The van der Waals surface area contributed by atoms with Crippen molar-refractivity contribution in [1.29, 1.82) is 0 Å². The molecule has 1 fully saturated rings. The van der Waals surface area contributed by atoms with Crippen molar-refractivity contribution in [3.8, 4) is 11.5 Å². The van der Waals surface area contributed by atoms with Crippen molar-refractivity contribution in [3.05, 3.63) is 90.0 Å². The molecule has 33 heavy (non-hydrogen) atoms. The number of piperazine rings is 1. The first-order valence-electron chi connectivity index (χ1n) is 11.4. The molecule has 3 aromatic rings. The number of amides is 1. The maximum absolute atomic E-state index is 13.0. The average molecular weight is 446 g/mol. The van der Waals surface area contributed by atoms with E-state index >= 15 is 0 Å². The van der Waals surface area contributed by atoms with E-state index in [0.717, 1.165) is 37.5 Å². The van der Waals surface area contributed by atoms with E-state index in [-0.39, 0.29) is 5.91 Å². The molecule has 172 valence electrons. The molecule has 6 nitrogen and oxygen atoms in total. The fourth-order valence-corrected chi connectivity index (χ4v) is 3.89. The van der Waals surface area contributed by atoms with Crippen molar-refractivity contribution in [3.63, 3.8) is 0 Å². The van der Waals surface area contributed by atoms with Gasteiger partial charge in [-0.25, -0.2) is 0 Å². The molecule has 1 N–H and O–H groups in total. The molecule has 3 aromatic carbocycles. The van der Waals surface area contributed by atoms with Gasteiger partial charge in [0.15, 0.2) is 0 Å². The van der Waals surface area contributed by atoms with Crippen LogP contribution in [0, 0.1) is 0 Å². The molecular formula is C27H31N3O3. The van der Waals surface area contributed by atoms with Gasteiger partial charge in [0.2, 0.25) is 0 Å². The molecule has 1 aliphatic rings. The minimum absolute atomic E-state index is 0.150. The van der Waals surface area contributed by atoms with Crippen LogP contribution in [0.25, 0.3) is 0 Å². The maximum atomic E-state index is 13.0. The van der Waals surface area contributed by atoms with Crippen LogP contribution in [0.15, 0.2) is 78.9 Å². The highest BCUT2D eigenvalue weighted by Crippen LogP contribution is 2.23. The van der Waals surface area contributed by atoms with E-state index in [4.69, 9.17) is 9.47 Å². The lowest BCUT2D eigenvalue weighted by Gasteiger charge is -2.35. The Balaban J connectivity index is 1.34. The first kappa shape index (κ1) is 22.7. The van der Waals surface area contributed by atoms with Crippen LogP contribution in [-0.2, 0) is 6.54 Å². The van der Waals surface area contributed by atoms with E-state index in [2.05, 4.69) is 40.4 Å². The summed E-state index contributed by atoms with van der Waals surface area (Å²) in [5, 5.41) is 3.07. The molecule has 1 amide bonds. The van der Waals surface area contributed by atoms with E-state index < -0.39 is 0 Å². The van der Waals surface area contributed by atoms with Crippen molar-refractivity contribution in [2.24, 2.45) is 0 Å². The van der Waals surface area contributed by atoms with Gasteiger partial charge in [0.25, 0.3) is 5.91 Å². The van der Waals surface area contributed by atoms with Crippen LogP contribution in [0.1, 0.15) is 15.9 Å². The zero-order valence-electron chi connectivity index (χ0n) is 19.1. The first-order chi connectivity index (χ1) is 16.2. The Morgan fingerprint density at radius 3 is 2.30 bits per heavy atom. The number of anilines is 1. The minimum atomic E-state index is -0.150. The zero-order chi connectivity index (χ0) is 22.9. The van der Waals surface area contributed by atoms with Crippen LogP contribution < -0.4 is 19.7 Å². The van der Waals surface area contributed by atoms with Gasteiger partial charge < -0.3 is 24.6 Å². The molecule has 0 radical (unpaired) electrons. The van der Waals surface area contributed by atoms with Crippen molar-refractivity contribution in [1.82, 2.24) is 10.2 Å². The lowest BCUT2D eigenvalue weighted by Crippen LogP contribution is -2.45. The number of carbonyl (C=O) groups excluding carboxylic acids is 1. The van der Waals surface area contributed by atoms with Crippen molar-refractivity contribution in [2.75, 3.05) is 51.3 Å². The molecule has 0 saturated carbocycles. The lowest BCUT2D eigenvalue weighted by molar-refractivity contribution is 0.0945. The van der Waals surface area contributed by atoms with Gasteiger partial charge in [-0.1, -0.05) is 48.5 Å². The van der Waals surface area contributed by atoms with E-state index in [0.29, 0.717) is 31.1 Å². The number of hydrogen-bond donors (Lipinski definition) is 1. The third-order valence-corrected chi connectivity index (χ3v) is 5.76. The highest BCUT2D eigenvalue weighted by molar-refractivity contribution is 5.96. The van der Waals surface area contributed by atoms with E-state index in [1.807, 2.05) is 54.6 Å². The van der Waals surface area contributed by atoms with Crippen LogP contribution in [0.2, 0.25) is 0 Å². The van der Waals surface area contributed by atoms with Gasteiger partial charge in [-0.05, 0) is 42.9 Å². The van der Waals surface area contributed by atoms with Gasteiger partial charge in [-0.3, -0.25) is 4.79 Å². The predicted molar refractivity (Wildman–Crippen MR) is 131 cm³/mol. The number of rotatable bonds is 9. The summed E-state index contributed by atoms with van der Waals surface area (Å²) in [6.07, 6.45) is 0. The number of carbonyl (C=O) groups is 1. The molecule has 0 spiro atoms. The van der Waals surface area contributed by atoms with Gasteiger partial charge in [-0.15, -0.1) is 0 Å². The molecule has 1 heterocycles. The molecule has 0 unspecified atom stereocenters. The number of hydrogen-bond acceptors (Lipinski definition) is 5. The molecule has 0 atom stereocenters. The standard InChI is InChI=1S/C27H31N3O3/c1-29-15-17-30(18-16-29)25-13-7-5-9-22(25)21-28-27(31)24-12-6-8-14-26(24)33-20-19-32-23-10-3-2-4-11-23/h2-14H,15-21H2,1H3,(H,28,31). The molecular weight excluding hydrogens is 414 g/mol. The van der Waals surface area contributed by atoms with E-state index in [1.165, 1.54) is 5.69 Å². The summed E-state index contributed by atoms with van der Waals surface area (Å²) in [5.41, 5.74) is 2.83. The van der Waals surface area contributed by atoms with Crippen molar-refractivity contribution < 1.29 is 14.3 Å². The highest BCUT2D eigenvalue weighted by Gasteiger charge is 2.18. The average Bonchev–Trinajstić information content (AvgIpc) is 2.87. The second-order valence-electron chi connectivity index (χ2n) is 8.11. The Bertz CT molecular complexity index is 1030. The largest absolute Gasteiger partial charge is 0.490 e. The zero-order valence-corrected chi connectivity index (χ0v) is 19.1. The molecule has 1 saturated heterocycles. The Morgan fingerprint density at radius 1 is 0.818 bits per heavy atom. The summed E-state index contributed by atoms with van der Waals surface area (Å²) in [6, 6.07) is 25.2. The van der Waals surface area contributed by atoms with Gasteiger partial charge in [-0.2, -0.15) is 0 Å². The number of likely N-dealkylation sites (N-methyl/N-ethyl adjacent to an activating group) is 1. The Kier molecular flexibility index (Phi) is 7.82. The first-order valence-corrected chi connectivity index (χ1v) is 11.4. The summed E-state index contributed by atoms with van der Waals surface area (Å²) in [7, 11) is 2.15. The Morgan fingerprint density at radius 2 is 1.48 bits per heavy atom. The van der Waals surface area contributed by atoms with E-state index in [1.54, 1.807) is 6.07 Å². The fourth-order valence-electron chi connectivity index (χ4n) is 3.89. The molecule has 6 heteroatoms. The smallest absolute Gasteiger partial charge is 0.255 e. The maximum Gasteiger partial charge on any atom is 0.255 e. The monoisotopic (exact) mass is 445 g/mol. The van der Waals surface area contributed by atoms with Crippen LogP contribution in [0.3, 0.4) is 0 Å². The summed E-state index contributed by atoms with van der Waals surface area (Å²) in [5.74, 6) is 1.20. The predicted octanol–water partition coefficient (Wildman–Crippen LogP) is 3.83. The fraction of sp³-hybridized carbons (Fsp3) is 0.296. The summed E-state index contributed by atoms with van der Waals surface area (Å²) in [6.45, 7) is 5.28. The van der Waals surface area contributed by atoms with Crippen molar-refractivity contribution in [2.45, 2.75) is 6.54 Å². The summed E-state index contributed by atoms with van der Waals surface area (Å²) in [4.78, 5) is 17.7. The number of ether oxygens (including phenoxy) is 2. The topological polar surface area (TPSA) is 54.0 Å². The van der Waals surface area contributed by atoms with Gasteiger partial charge in [0.05, 0.1) is 5.56 Å². The molecule has 0 aliphatic carbocycles. The number of nitrogens with one attached hydrogen (secondary N) is 1. The third-order valence-electron chi connectivity index (χ3n) is 5.76. The quantitative estimate of drug-likeness (QED) is 0.508. The minimum Gasteiger partial charge on any atom is -0.490 e. The van der Waals surface area contributed by atoms with E-state index in [9.17, 15) is 4.79 Å². The van der Waals surface area contributed by atoms with Crippen molar-refractivity contribution >= 4 is 11.6 Å². The van der Waals surface area contributed by atoms with Crippen LogP contribution in [0.4, 0.5) is 5.69 Å². The molecule has 0 aromatic heterocycles. The Labute approximate surface area is 195 Å².